The Bertz CT molecular complexity index is 953. The molecule has 0 aromatic rings. The summed E-state index contributed by atoms with van der Waals surface area (Å²) in [5, 5.41) is 16.2. The molecule has 0 aromatic carbocycles. The fraction of sp³-hybridized carbons (Fsp3) is 0.789. The molecule has 0 aromatic heterocycles. The smallest absolute Gasteiger partial charge is 0.306 e. The third-order valence-electron chi connectivity index (χ3n) is 5.62. The quantitative estimate of drug-likeness (QED) is 0.0518. The van der Waals surface area contributed by atoms with E-state index in [0.29, 0.717) is 77.0 Å². The van der Waals surface area contributed by atoms with Crippen molar-refractivity contribution < 1.29 is 62.8 Å². The van der Waals surface area contributed by atoms with E-state index in [2.05, 4.69) is 0 Å². The van der Waals surface area contributed by atoms with Crippen molar-refractivity contribution in [1.82, 2.24) is 0 Å². The van der Waals surface area contributed by atoms with Gasteiger partial charge in [-0.15, -0.1) is 0 Å². The van der Waals surface area contributed by atoms with Crippen molar-refractivity contribution in [3.05, 3.63) is 0 Å². The zero-order chi connectivity index (χ0) is 41.6. The molecule has 304 valence electrons. The van der Waals surface area contributed by atoms with Gasteiger partial charge in [0, 0.05) is 51.4 Å². The Morgan fingerprint density at radius 2 is 0.615 bits per heavy atom. The number of halogens is 1. The van der Waals surface area contributed by atoms with Crippen LogP contribution in [0.15, 0.2) is 0 Å². The SMILES string of the molecule is CC(=O)CCCCC(=O)O.CC(=O)CCCCC(=O)OC(C)(C)C.CC(C)(C)OC(=O)CCCCC(=O)Cl.CC(C)(C)OC(=O)CCCCC(=O)O. The lowest BCUT2D eigenvalue weighted by atomic mass is 10.1. The first kappa shape index (κ1) is 55.4. The van der Waals surface area contributed by atoms with Crippen molar-refractivity contribution >= 4 is 58.3 Å². The Morgan fingerprint density at radius 3 is 0.808 bits per heavy atom. The van der Waals surface area contributed by atoms with Crippen LogP contribution in [0.3, 0.4) is 0 Å². The molecule has 0 aliphatic heterocycles. The lowest BCUT2D eigenvalue weighted by Gasteiger charge is -2.19. The first-order valence-corrected chi connectivity index (χ1v) is 18.2. The van der Waals surface area contributed by atoms with E-state index >= 15 is 0 Å². The molecule has 0 amide bonds. The van der Waals surface area contributed by atoms with Crippen molar-refractivity contribution in [1.29, 1.82) is 0 Å². The lowest BCUT2D eigenvalue weighted by Crippen LogP contribution is -2.23. The molecule has 0 heterocycles. The van der Waals surface area contributed by atoms with Gasteiger partial charge in [-0.2, -0.15) is 0 Å². The van der Waals surface area contributed by atoms with Crippen LogP contribution >= 0.6 is 11.6 Å². The molecule has 0 radical (unpaired) electrons. The van der Waals surface area contributed by atoms with Crippen LogP contribution in [0.25, 0.3) is 0 Å². The van der Waals surface area contributed by atoms with Crippen molar-refractivity contribution in [2.75, 3.05) is 0 Å². The van der Waals surface area contributed by atoms with Gasteiger partial charge in [0.1, 0.15) is 28.4 Å². The third kappa shape index (κ3) is 61.8. The van der Waals surface area contributed by atoms with Crippen molar-refractivity contribution in [3.8, 4) is 0 Å². The van der Waals surface area contributed by atoms with E-state index in [4.69, 9.17) is 36.0 Å². The average Bonchev–Trinajstić information content (AvgIpc) is 2.92. The molecule has 0 fully saturated rings. The standard InChI is InChI=1S/C11H20O3.C10H17ClO3.C10H18O4.C7H12O3/c1-9(12)7-5-6-8-10(13)14-11(2,3)4;2*1-10(2,3)14-9(13)7-5-4-6-8(11)12;1-6(8)4-2-3-5-7(9)10/h5-8H2,1-4H3;4-7H2,1-3H3;4-7H2,1-3H3,(H,11,12);2-5H2,1H3,(H,9,10). The molecule has 52 heavy (non-hydrogen) atoms. The van der Waals surface area contributed by atoms with Crippen LogP contribution in [-0.2, 0) is 52.6 Å². The Kier molecular flexibility index (Phi) is 33.2. The van der Waals surface area contributed by atoms with E-state index in [1.165, 1.54) is 6.92 Å². The van der Waals surface area contributed by atoms with Crippen LogP contribution < -0.4 is 0 Å². The van der Waals surface area contributed by atoms with Crippen LogP contribution in [0.2, 0.25) is 0 Å². The summed E-state index contributed by atoms with van der Waals surface area (Å²) in [6.07, 6.45) is 7.91. The number of carbonyl (C=O) groups is 8. The molecule has 2 N–H and O–H groups in total. The van der Waals surface area contributed by atoms with Crippen LogP contribution in [0.4, 0.5) is 0 Å². The summed E-state index contributed by atoms with van der Waals surface area (Å²) < 4.78 is 15.3. The molecule has 0 saturated carbocycles. The first-order chi connectivity index (χ1) is 23.6. The predicted molar refractivity (Wildman–Crippen MR) is 199 cm³/mol. The third-order valence-corrected chi connectivity index (χ3v) is 5.80. The predicted octanol–water partition coefficient (Wildman–Crippen LogP) is 8.32. The fourth-order valence-electron chi connectivity index (χ4n) is 3.55. The summed E-state index contributed by atoms with van der Waals surface area (Å²) in [4.78, 5) is 84.9. The maximum atomic E-state index is 11.2. The van der Waals surface area contributed by atoms with Gasteiger partial charge >= 0.3 is 29.8 Å². The molecule has 13 nitrogen and oxygen atoms in total. The topological polar surface area (TPSA) is 205 Å². The fourth-order valence-corrected chi connectivity index (χ4v) is 3.68. The number of hydrogen-bond acceptors (Lipinski definition) is 11. The second kappa shape index (κ2) is 31.2. The number of carbonyl (C=O) groups excluding carboxylic acids is 6. The molecule has 0 atom stereocenters. The number of unbranched alkanes of at least 4 members (excludes halogenated alkanes) is 4. The van der Waals surface area contributed by atoms with Gasteiger partial charge in [-0.1, -0.05) is 0 Å². The molecular formula is C38H67ClO13. The van der Waals surface area contributed by atoms with E-state index in [9.17, 15) is 38.4 Å². The molecule has 0 aliphatic rings. The summed E-state index contributed by atoms with van der Waals surface area (Å²) in [5.74, 6) is -1.97. The number of Topliss-reactive ketones (excluding diaryl/α,β-unsaturated/α-hetero) is 2. The highest BCUT2D eigenvalue weighted by Gasteiger charge is 2.17. The number of ketones is 2. The van der Waals surface area contributed by atoms with Crippen LogP contribution in [-0.4, -0.2) is 73.7 Å². The number of carboxylic acid groups (broad SMARTS) is 2. The number of ether oxygens (including phenoxy) is 3. The molecule has 0 bridgehead atoms. The minimum atomic E-state index is -0.825. The van der Waals surface area contributed by atoms with Gasteiger partial charge in [-0.25, -0.2) is 0 Å². The summed E-state index contributed by atoms with van der Waals surface area (Å²) in [7, 11) is 0. The van der Waals surface area contributed by atoms with Gasteiger partial charge in [0.25, 0.3) is 0 Å². The number of rotatable bonds is 20. The van der Waals surface area contributed by atoms with E-state index < -0.39 is 28.7 Å². The first-order valence-electron chi connectivity index (χ1n) is 17.8. The molecule has 0 saturated heterocycles. The molecule has 0 aliphatic carbocycles. The minimum Gasteiger partial charge on any atom is -0.481 e. The van der Waals surface area contributed by atoms with Gasteiger partial charge in [0.2, 0.25) is 5.24 Å². The Balaban J connectivity index is -0.000000298. The number of carboxylic acids is 2. The largest absolute Gasteiger partial charge is 0.481 e. The minimum absolute atomic E-state index is 0.114. The second-order valence-corrected chi connectivity index (χ2v) is 15.6. The maximum absolute atomic E-state index is 11.2. The summed E-state index contributed by atoms with van der Waals surface area (Å²) >= 11 is 5.14. The van der Waals surface area contributed by atoms with Gasteiger partial charge in [0.05, 0.1) is 0 Å². The lowest BCUT2D eigenvalue weighted by molar-refractivity contribution is -0.156. The number of hydrogen-bond donors (Lipinski definition) is 2. The molecule has 14 heteroatoms. The van der Waals surface area contributed by atoms with E-state index in [1.54, 1.807) is 6.92 Å². The van der Waals surface area contributed by atoms with Gasteiger partial charge in [-0.05, 0) is 139 Å². The average molecular weight is 767 g/mol. The summed E-state index contributed by atoms with van der Waals surface area (Å²) in [6, 6.07) is 0. The van der Waals surface area contributed by atoms with Crippen molar-refractivity contribution in [2.24, 2.45) is 0 Å². The molecule has 0 rings (SSSR count). The van der Waals surface area contributed by atoms with Crippen LogP contribution in [0, 0.1) is 0 Å². The van der Waals surface area contributed by atoms with Crippen LogP contribution in [0.1, 0.15) is 179 Å². The molecule has 0 spiro atoms. The van der Waals surface area contributed by atoms with E-state index in [0.717, 1.165) is 12.8 Å². The van der Waals surface area contributed by atoms with Crippen molar-refractivity contribution in [2.45, 2.75) is 196 Å². The van der Waals surface area contributed by atoms with E-state index in [-0.39, 0.29) is 47.6 Å². The zero-order valence-electron chi connectivity index (χ0n) is 33.6. The number of esters is 3. The molecular weight excluding hydrogens is 700 g/mol. The number of aliphatic carboxylic acids is 2. The Hall–Kier alpha value is -3.35. The second-order valence-electron chi connectivity index (χ2n) is 15.1. The monoisotopic (exact) mass is 766 g/mol. The van der Waals surface area contributed by atoms with E-state index in [1.807, 2.05) is 62.3 Å². The van der Waals surface area contributed by atoms with Crippen LogP contribution in [0.5, 0.6) is 0 Å². The normalized spacial score (nSPS) is 10.8. The summed E-state index contributed by atoms with van der Waals surface area (Å²) in [5.41, 5.74) is -1.29. The Morgan fingerprint density at radius 1 is 0.404 bits per heavy atom. The zero-order valence-corrected chi connectivity index (χ0v) is 34.3. The highest BCUT2D eigenvalue weighted by atomic mass is 35.5. The highest BCUT2D eigenvalue weighted by Crippen LogP contribution is 2.12. The summed E-state index contributed by atoms with van der Waals surface area (Å²) in [6.45, 7) is 19.5. The Labute approximate surface area is 316 Å². The van der Waals surface area contributed by atoms with Gasteiger partial charge in [0.15, 0.2) is 0 Å². The molecule has 0 unspecified atom stereocenters. The highest BCUT2D eigenvalue weighted by molar-refractivity contribution is 6.63. The van der Waals surface area contributed by atoms with Gasteiger partial charge < -0.3 is 34.0 Å². The maximum Gasteiger partial charge on any atom is 0.306 e. The van der Waals surface area contributed by atoms with Crippen molar-refractivity contribution in [3.63, 3.8) is 0 Å². The van der Waals surface area contributed by atoms with Gasteiger partial charge in [-0.3, -0.25) is 28.8 Å².